The van der Waals surface area contributed by atoms with Crippen molar-refractivity contribution in [3.05, 3.63) is 11.9 Å². The summed E-state index contributed by atoms with van der Waals surface area (Å²) in [6.07, 6.45) is 5.43. The molecule has 0 radical (unpaired) electrons. The Kier molecular flexibility index (Phi) is 4.52. The fourth-order valence-corrected chi connectivity index (χ4v) is 2.41. The molecule has 2 rings (SSSR count). The molecule has 19 heavy (non-hydrogen) atoms. The third-order valence-corrected chi connectivity index (χ3v) is 3.67. The van der Waals surface area contributed by atoms with E-state index in [2.05, 4.69) is 22.6 Å². The number of aliphatic hydroxyl groups excluding tert-OH is 1. The molecule has 1 aromatic rings. The van der Waals surface area contributed by atoms with Gasteiger partial charge in [-0.2, -0.15) is 0 Å². The molecule has 1 aliphatic carbocycles. The van der Waals surface area contributed by atoms with E-state index < -0.39 is 6.10 Å². The van der Waals surface area contributed by atoms with Gasteiger partial charge in [0.05, 0.1) is 12.3 Å². The lowest BCUT2D eigenvalue weighted by atomic mass is 9.87. The molecule has 0 aliphatic heterocycles. The number of nitrogens with one attached hydrogen (secondary N) is 1. The second-order valence-corrected chi connectivity index (χ2v) is 5.54. The fraction of sp³-hybridized carbons (Fsp3) is 0.769. The molecule has 1 saturated carbocycles. The van der Waals surface area contributed by atoms with Crippen molar-refractivity contribution in [1.82, 2.24) is 20.3 Å². The van der Waals surface area contributed by atoms with Crippen LogP contribution in [0, 0.1) is 5.92 Å². The van der Waals surface area contributed by atoms with Crippen molar-refractivity contribution in [1.29, 1.82) is 0 Å². The maximum atomic E-state index is 11.9. The Bertz CT molecular complexity index is 422. The number of rotatable bonds is 4. The molecule has 1 heterocycles. The molecule has 0 spiro atoms. The summed E-state index contributed by atoms with van der Waals surface area (Å²) >= 11 is 0. The molecule has 1 fully saturated rings. The van der Waals surface area contributed by atoms with Gasteiger partial charge in [-0.25, -0.2) is 4.68 Å². The maximum Gasteiger partial charge on any atom is 0.242 e. The summed E-state index contributed by atoms with van der Waals surface area (Å²) < 4.78 is 1.46. The normalized spacial score (nSPS) is 25.0. The molecule has 6 nitrogen and oxygen atoms in total. The summed E-state index contributed by atoms with van der Waals surface area (Å²) in [4.78, 5) is 11.9. The van der Waals surface area contributed by atoms with Gasteiger partial charge in [0.2, 0.25) is 5.91 Å². The quantitative estimate of drug-likeness (QED) is 0.853. The summed E-state index contributed by atoms with van der Waals surface area (Å²) in [5.41, 5.74) is 0.485. The van der Waals surface area contributed by atoms with Crippen LogP contribution in [0.5, 0.6) is 0 Å². The van der Waals surface area contributed by atoms with E-state index in [0.29, 0.717) is 11.7 Å². The van der Waals surface area contributed by atoms with E-state index in [9.17, 15) is 9.90 Å². The largest absolute Gasteiger partial charge is 0.387 e. The van der Waals surface area contributed by atoms with Crippen LogP contribution in [0.4, 0.5) is 0 Å². The van der Waals surface area contributed by atoms with Crippen LogP contribution in [0.2, 0.25) is 0 Å². The third-order valence-electron chi connectivity index (χ3n) is 3.67. The van der Waals surface area contributed by atoms with Gasteiger partial charge < -0.3 is 10.4 Å². The Morgan fingerprint density at radius 3 is 2.79 bits per heavy atom. The number of hydrogen-bond donors (Lipinski definition) is 2. The SMILES string of the molecule is CC1CCC(NC(=O)Cn2cc(C(C)O)nn2)CC1. The Morgan fingerprint density at radius 1 is 1.53 bits per heavy atom. The predicted molar refractivity (Wildman–Crippen MR) is 70.2 cm³/mol. The van der Waals surface area contributed by atoms with Gasteiger partial charge >= 0.3 is 0 Å². The molecule has 1 aliphatic rings. The number of carbonyl (C=O) groups is 1. The summed E-state index contributed by atoms with van der Waals surface area (Å²) in [6.45, 7) is 4.04. The van der Waals surface area contributed by atoms with Crippen molar-refractivity contribution in [3.8, 4) is 0 Å². The number of aliphatic hydroxyl groups is 1. The molecule has 2 N–H and O–H groups in total. The lowest BCUT2D eigenvalue weighted by Crippen LogP contribution is -2.39. The highest BCUT2D eigenvalue weighted by molar-refractivity contribution is 5.75. The van der Waals surface area contributed by atoms with Gasteiger partial charge in [-0.15, -0.1) is 5.10 Å². The first kappa shape index (κ1) is 14.0. The van der Waals surface area contributed by atoms with Crippen molar-refractivity contribution < 1.29 is 9.90 Å². The number of amides is 1. The Hall–Kier alpha value is -1.43. The number of nitrogens with zero attached hydrogens (tertiary/aromatic N) is 3. The number of aromatic nitrogens is 3. The van der Waals surface area contributed by atoms with Gasteiger partial charge in [-0.1, -0.05) is 12.1 Å². The highest BCUT2D eigenvalue weighted by Gasteiger charge is 2.20. The molecular weight excluding hydrogens is 244 g/mol. The van der Waals surface area contributed by atoms with Crippen LogP contribution < -0.4 is 5.32 Å². The Labute approximate surface area is 113 Å². The zero-order chi connectivity index (χ0) is 13.8. The molecule has 0 bridgehead atoms. The highest BCUT2D eigenvalue weighted by Crippen LogP contribution is 2.23. The van der Waals surface area contributed by atoms with E-state index in [1.807, 2.05) is 0 Å². The molecule has 0 saturated heterocycles. The van der Waals surface area contributed by atoms with Crippen molar-refractivity contribution >= 4 is 5.91 Å². The Balaban J connectivity index is 1.80. The summed E-state index contributed by atoms with van der Waals surface area (Å²) in [6, 6.07) is 0.295. The van der Waals surface area contributed by atoms with E-state index in [1.165, 1.54) is 17.5 Å². The average molecular weight is 266 g/mol. The summed E-state index contributed by atoms with van der Waals surface area (Å²) in [5.74, 6) is 0.735. The van der Waals surface area contributed by atoms with Gasteiger partial charge in [0, 0.05) is 6.04 Å². The van der Waals surface area contributed by atoms with Crippen LogP contribution in [0.15, 0.2) is 6.20 Å². The molecule has 6 heteroatoms. The summed E-state index contributed by atoms with van der Waals surface area (Å²) in [5, 5.41) is 20.0. The predicted octanol–water partition coefficient (Wildman–Crippen LogP) is 1.03. The van der Waals surface area contributed by atoms with E-state index in [1.54, 1.807) is 13.1 Å². The topological polar surface area (TPSA) is 80.0 Å². The van der Waals surface area contributed by atoms with Crippen molar-refractivity contribution in [2.75, 3.05) is 0 Å². The number of hydrogen-bond acceptors (Lipinski definition) is 4. The minimum atomic E-state index is -0.656. The van der Waals surface area contributed by atoms with Gasteiger partial charge in [-0.05, 0) is 38.5 Å². The zero-order valence-corrected chi connectivity index (χ0v) is 11.5. The molecule has 106 valence electrons. The van der Waals surface area contributed by atoms with Gasteiger partial charge in [0.25, 0.3) is 0 Å². The van der Waals surface area contributed by atoms with Crippen molar-refractivity contribution in [2.45, 2.75) is 58.2 Å². The first-order valence-corrected chi connectivity index (χ1v) is 6.92. The molecule has 1 amide bonds. The Morgan fingerprint density at radius 2 is 2.21 bits per heavy atom. The maximum absolute atomic E-state index is 11.9. The van der Waals surface area contributed by atoms with E-state index >= 15 is 0 Å². The first-order chi connectivity index (χ1) is 9.04. The standard InChI is InChI=1S/C13H22N4O2/c1-9-3-5-11(6-4-9)14-13(19)8-17-7-12(10(2)18)15-16-17/h7,9-11,18H,3-6,8H2,1-2H3,(H,14,19). The molecule has 1 unspecified atom stereocenters. The van der Waals surface area contributed by atoms with Crippen molar-refractivity contribution in [3.63, 3.8) is 0 Å². The van der Waals surface area contributed by atoms with E-state index in [4.69, 9.17) is 0 Å². The monoisotopic (exact) mass is 266 g/mol. The second kappa shape index (κ2) is 6.14. The van der Waals surface area contributed by atoms with Crippen molar-refractivity contribution in [2.24, 2.45) is 5.92 Å². The molecule has 0 aromatic carbocycles. The second-order valence-electron chi connectivity index (χ2n) is 5.54. The van der Waals surface area contributed by atoms with Crippen LogP contribution in [0.1, 0.15) is 51.3 Å². The lowest BCUT2D eigenvalue weighted by molar-refractivity contribution is -0.122. The molecule has 1 aromatic heterocycles. The lowest BCUT2D eigenvalue weighted by Gasteiger charge is -2.26. The average Bonchev–Trinajstić information content (AvgIpc) is 2.80. The van der Waals surface area contributed by atoms with Crippen LogP contribution in [0.3, 0.4) is 0 Å². The first-order valence-electron chi connectivity index (χ1n) is 6.92. The van der Waals surface area contributed by atoms with Crippen LogP contribution in [0.25, 0.3) is 0 Å². The minimum Gasteiger partial charge on any atom is -0.387 e. The van der Waals surface area contributed by atoms with Crippen LogP contribution >= 0.6 is 0 Å². The van der Waals surface area contributed by atoms with Crippen LogP contribution in [-0.2, 0) is 11.3 Å². The zero-order valence-electron chi connectivity index (χ0n) is 11.5. The smallest absolute Gasteiger partial charge is 0.242 e. The minimum absolute atomic E-state index is 0.0402. The van der Waals surface area contributed by atoms with Gasteiger partial charge in [0.1, 0.15) is 12.2 Å². The highest BCUT2D eigenvalue weighted by atomic mass is 16.3. The fourth-order valence-electron chi connectivity index (χ4n) is 2.41. The molecular formula is C13H22N4O2. The van der Waals surface area contributed by atoms with Crippen LogP contribution in [-0.4, -0.2) is 32.0 Å². The molecule has 1 atom stereocenters. The van der Waals surface area contributed by atoms with Gasteiger partial charge in [-0.3, -0.25) is 4.79 Å². The third kappa shape index (κ3) is 4.02. The summed E-state index contributed by atoms with van der Waals surface area (Å²) in [7, 11) is 0. The number of carbonyl (C=O) groups excluding carboxylic acids is 1. The van der Waals surface area contributed by atoms with Gasteiger partial charge in [0.15, 0.2) is 0 Å². The van der Waals surface area contributed by atoms with E-state index in [-0.39, 0.29) is 12.5 Å². The van der Waals surface area contributed by atoms with E-state index in [0.717, 1.165) is 18.8 Å².